The first-order valence-corrected chi connectivity index (χ1v) is 11.6. The lowest BCUT2D eigenvalue weighted by molar-refractivity contribution is -0.127. The number of nitrogens with zero attached hydrogens (tertiary/aromatic N) is 5. The van der Waals surface area contributed by atoms with E-state index < -0.39 is 18.2 Å². The number of carbonyl (C=O) groups excluding carboxylic acids is 2. The molecule has 9 heteroatoms. The molecule has 1 N–H and O–H groups in total. The van der Waals surface area contributed by atoms with E-state index in [0.717, 1.165) is 38.3 Å². The molecule has 0 radical (unpaired) electrons. The Balaban J connectivity index is 1.35. The minimum absolute atomic E-state index is 0.303. The van der Waals surface area contributed by atoms with Crippen molar-refractivity contribution in [2.75, 3.05) is 33.2 Å². The second kappa shape index (κ2) is 9.06. The minimum Gasteiger partial charge on any atom is -0.340 e. The van der Waals surface area contributed by atoms with Gasteiger partial charge < -0.3 is 14.7 Å². The molecule has 5 rings (SSSR count). The number of halogens is 1. The van der Waals surface area contributed by atoms with Gasteiger partial charge in [0.15, 0.2) is 18.2 Å². The largest absolute Gasteiger partial charge is 0.340 e. The fraction of sp³-hybridized carbons (Fsp3) is 0.400. The fourth-order valence-electron chi connectivity index (χ4n) is 4.86. The van der Waals surface area contributed by atoms with Crippen molar-refractivity contribution < 1.29 is 14.0 Å². The zero-order chi connectivity index (χ0) is 23.8. The second-order valence-corrected chi connectivity index (χ2v) is 9.14. The molecule has 3 aliphatic heterocycles. The molecule has 0 spiro atoms. The van der Waals surface area contributed by atoms with Gasteiger partial charge in [0, 0.05) is 46.3 Å². The van der Waals surface area contributed by atoms with Gasteiger partial charge in [-0.3, -0.25) is 15.0 Å². The van der Waals surface area contributed by atoms with E-state index in [1.165, 1.54) is 28.2 Å². The van der Waals surface area contributed by atoms with Gasteiger partial charge in [-0.1, -0.05) is 36.4 Å². The predicted octanol–water partition coefficient (Wildman–Crippen LogP) is 2.00. The molecule has 0 aliphatic carbocycles. The number of likely N-dealkylation sites (N-methyl/N-ethyl adjacent to an activating group) is 1. The Morgan fingerprint density at radius 1 is 1.00 bits per heavy atom. The Labute approximate surface area is 198 Å². The summed E-state index contributed by atoms with van der Waals surface area (Å²) >= 11 is 0. The highest BCUT2D eigenvalue weighted by molar-refractivity contribution is 6.03. The number of aryl methyl sites for hydroxylation is 1. The standard InChI is InChI=1S/C25H29FN6O2/c1-17-5-3-4-6-19(17)16-30-11-13-31(14-12-30)24-27-22-21(23(33)28-25(34)29(22)2)32(24)15-18-7-9-20(26)10-8-18/h3-10,21-22H,11-16H2,1-2H3,(H,28,33,34). The molecular formula is C25H29FN6O2. The Bertz CT molecular complexity index is 1110. The highest BCUT2D eigenvalue weighted by Gasteiger charge is 2.49. The van der Waals surface area contributed by atoms with Crippen LogP contribution in [0, 0.1) is 12.7 Å². The molecule has 3 amide bonds. The van der Waals surface area contributed by atoms with Crippen molar-refractivity contribution >= 4 is 17.9 Å². The molecule has 8 nitrogen and oxygen atoms in total. The normalized spacial score (nSPS) is 23.1. The first-order chi connectivity index (χ1) is 16.4. The van der Waals surface area contributed by atoms with E-state index in [-0.39, 0.29) is 11.7 Å². The third-order valence-electron chi connectivity index (χ3n) is 6.92. The zero-order valence-electron chi connectivity index (χ0n) is 19.4. The number of amides is 3. The maximum Gasteiger partial charge on any atom is 0.325 e. The van der Waals surface area contributed by atoms with Gasteiger partial charge >= 0.3 is 6.03 Å². The molecule has 0 aromatic heterocycles. The summed E-state index contributed by atoms with van der Waals surface area (Å²) in [7, 11) is 1.65. The lowest BCUT2D eigenvalue weighted by Crippen LogP contribution is -2.64. The van der Waals surface area contributed by atoms with Gasteiger partial charge in [0.25, 0.3) is 5.91 Å². The van der Waals surface area contributed by atoms with Crippen molar-refractivity contribution in [3.63, 3.8) is 0 Å². The van der Waals surface area contributed by atoms with Crippen LogP contribution >= 0.6 is 0 Å². The van der Waals surface area contributed by atoms with Crippen LogP contribution in [0.4, 0.5) is 9.18 Å². The van der Waals surface area contributed by atoms with E-state index in [0.29, 0.717) is 12.5 Å². The summed E-state index contributed by atoms with van der Waals surface area (Å²) in [6.07, 6.45) is -0.582. The van der Waals surface area contributed by atoms with Crippen LogP contribution < -0.4 is 5.32 Å². The Kier molecular flexibility index (Phi) is 5.95. The van der Waals surface area contributed by atoms with Crippen LogP contribution in [-0.4, -0.2) is 82.9 Å². The number of rotatable bonds is 4. The highest BCUT2D eigenvalue weighted by atomic mass is 19.1. The summed E-state index contributed by atoms with van der Waals surface area (Å²) in [6.45, 7) is 6.71. The molecule has 0 saturated carbocycles. The summed E-state index contributed by atoms with van der Waals surface area (Å²) in [4.78, 5) is 38.0. The number of urea groups is 1. The topological polar surface area (TPSA) is 71.5 Å². The number of hydrogen-bond acceptors (Lipinski definition) is 6. The van der Waals surface area contributed by atoms with Gasteiger partial charge in [-0.15, -0.1) is 0 Å². The smallest absolute Gasteiger partial charge is 0.325 e. The second-order valence-electron chi connectivity index (χ2n) is 9.14. The Morgan fingerprint density at radius 3 is 2.41 bits per heavy atom. The number of aliphatic imine (C=N–C) groups is 1. The van der Waals surface area contributed by atoms with Gasteiger partial charge in [-0.25, -0.2) is 14.2 Å². The van der Waals surface area contributed by atoms with E-state index in [9.17, 15) is 14.0 Å². The summed E-state index contributed by atoms with van der Waals surface area (Å²) in [5, 5.41) is 2.43. The van der Waals surface area contributed by atoms with Gasteiger partial charge in [0.1, 0.15) is 5.82 Å². The summed E-state index contributed by atoms with van der Waals surface area (Å²) < 4.78 is 13.5. The van der Waals surface area contributed by atoms with Crippen molar-refractivity contribution in [3.8, 4) is 0 Å². The number of imide groups is 1. The molecule has 178 valence electrons. The number of guanidine groups is 1. The van der Waals surface area contributed by atoms with Crippen LogP contribution in [0.5, 0.6) is 0 Å². The number of nitrogens with one attached hydrogen (secondary N) is 1. The quantitative estimate of drug-likeness (QED) is 0.750. The van der Waals surface area contributed by atoms with E-state index in [1.807, 2.05) is 4.90 Å². The van der Waals surface area contributed by atoms with Crippen molar-refractivity contribution in [2.45, 2.75) is 32.2 Å². The lowest BCUT2D eigenvalue weighted by Gasteiger charge is -2.40. The van der Waals surface area contributed by atoms with Gasteiger partial charge in [0.2, 0.25) is 0 Å². The van der Waals surface area contributed by atoms with Gasteiger partial charge in [-0.05, 0) is 35.7 Å². The van der Waals surface area contributed by atoms with Crippen LogP contribution in [0.25, 0.3) is 0 Å². The maximum absolute atomic E-state index is 13.5. The van der Waals surface area contributed by atoms with Crippen molar-refractivity contribution in [1.82, 2.24) is 24.9 Å². The Morgan fingerprint density at radius 2 is 1.71 bits per heavy atom. The van der Waals surface area contributed by atoms with Crippen molar-refractivity contribution in [1.29, 1.82) is 0 Å². The molecular weight excluding hydrogens is 435 g/mol. The number of carbonyl (C=O) groups is 2. The maximum atomic E-state index is 13.5. The average Bonchev–Trinajstić information content (AvgIpc) is 3.21. The minimum atomic E-state index is -0.618. The number of piperazine rings is 1. The first kappa shape index (κ1) is 22.3. The molecule has 2 aromatic carbocycles. The van der Waals surface area contributed by atoms with Gasteiger partial charge in [0.05, 0.1) is 0 Å². The van der Waals surface area contributed by atoms with Crippen molar-refractivity contribution in [2.24, 2.45) is 4.99 Å². The van der Waals surface area contributed by atoms with Gasteiger partial charge in [-0.2, -0.15) is 0 Å². The monoisotopic (exact) mass is 464 g/mol. The molecule has 3 heterocycles. The van der Waals surface area contributed by atoms with Crippen LogP contribution in [0.2, 0.25) is 0 Å². The first-order valence-electron chi connectivity index (χ1n) is 11.6. The Hall–Kier alpha value is -3.46. The number of benzene rings is 2. The molecule has 34 heavy (non-hydrogen) atoms. The third-order valence-corrected chi connectivity index (χ3v) is 6.92. The molecule has 2 aromatic rings. The van der Waals surface area contributed by atoms with Crippen molar-refractivity contribution in [3.05, 3.63) is 71.0 Å². The zero-order valence-corrected chi connectivity index (χ0v) is 19.4. The number of hydrogen-bond donors (Lipinski definition) is 1. The SMILES string of the molecule is Cc1ccccc1CN1CCN(C2=NC3C(C(=O)NC(=O)N3C)N2Cc2ccc(F)cc2)CC1. The van der Waals surface area contributed by atoms with Crippen LogP contribution in [-0.2, 0) is 17.9 Å². The third kappa shape index (κ3) is 4.23. The lowest BCUT2D eigenvalue weighted by atomic mass is 10.1. The molecule has 0 bridgehead atoms. The van der Waals surface area contributed by atoms with E-state index in [2.05, 4.69) is 46.3 Å². The summed E-state index contributed by atoms with van der Waals surface area (Å²) in [6, 6.07) is 13.6. The van der Waals surface area contributed by atoms with Crippen LogP contribution in [0.3, 0.4) is 0 Å². The van der Waals surface area contributed by atoms with E-state index in [1.54, 1.807) is 19.2 Å². The van der Waals surface area contributed by atoms with Crippen LogP contribution in [0.15, 0.2) is 53.5 Å². The van der Waals surface area contributed by atoms with E-state index in [4.69, 9.17) is 4.99 Å². The summed E-state index contributed by atoms with van der Waals surface area (Å²) in [5.41, 5.74) is 3.49. The molecule has 3 aliphatic rings. The summed E-state index contributed by atoms with van der Waals surface area (Å²) in [5.74, 6) is 0.0566. The molecule has 2 saturated heterocycles. The average molecular weight is 465 g/mol. The number of fused-ring (bicyclic) bond motifs is 1. The molecule has 2 fully saturated rings. The highest BCUT2D eigenvalue weighted by Crippen LogP contribution is 2.28. The molecule has 2 atom stereocenters. The van der Waals surface area contributed by atoms with Crippen LogP contribution in [0.1, 0.15) is 16.7 Å². The predicted molar refractivity (Wildman–Crippen MR) is 126 cm³/mol. The fourth-order valence-corrected chi connectivity index (χ4v) is 4.86. The van der Waals surface area contributed by atoms with E-state index >= 15 is 0 Å². The molecule has 2 unspecified atom stereocenters.